The van der Waals surface area contributed by atoms with Gasteiger partial charge in [0.15, 0.2) is 6.10 Å². The van der Waals surface area contributed by atoms with E-state index in [4.69, 9.17) is 4.74 Å². The van der Waals surface area contributed by atoms with Crippen molar-refractivity contribution >= 4 is 11.9 Å². The van der Waals surface area contributed by atoms with Gasteiger partial charge in [-0.15, -0.1) is 0 Å². The Balaban J connectivity index is 1.81. The van der Waals surface area contributed by atoms with Gasteiger partial charge in [0, 0.05) is 0 Å². The molecule has 1 heterocycles. The minimum Gasteiger partial charge on any atom is -0.480 e. The summed E-state index contributed by atoms with van der Waals surface area (Å²) in [4.78, 5) is 24.6. The van der Waals surface area contributed by atoms with Gasteiger partial charge in [0.25, 0.3) is 5.91 Å². The summed E-state index contributed by atoms with van der Waals surface area (Å²) in [6.45, 7) is 0.481. The Hall–Kier alpha value is -1.88. The zero-order chi connectivity index (χ0) is 16.3. The van der Waals surface area contributed by atoms with Crippen LogP contribution >= 0.6 is 0 Å². The lowest BCUT2D eigenvalue weighted by atomic mass is 9.89. The summed E-state index contributed by atoms with van der Waals surface area (Å²) in [5.41, 5.74) is 0.804. The Bertz CT molecular complexity index is 590. The monoisotopic (exact) mass is 317 g/mol. The van der Waals surface area contributed by atoms with Crippen LogP contribution in [0, 0.1) is 0 Å². The van der Waals surface area contributed by atoms with Crippen LogP contribution in [-0.2, 0) is 20.7 Å². The van der Waals surface area contributed by atoms with Gasteiger partial charge in [-0.05, 0) is 30.4 Å². The summed E-state index contributed by atoms with van der Waals surface area (Å²) in [5, 5.41) is 12.5. The van der Waals surface area contributed by atoms with Crippen molar-refractivity contribution in [2.24, 2.45) is 0 Å². The highest BCUT2D eigenvalue weighted by Gasteiger charge is 2.42. The van der Waals surface area contributed by atoms with Gasteiger partial charge in [0.2, 0.25) is 0 Å². The molecular formula is C18H23NO4. The summed E-state index contributed by atoms with van der Waals surface area (Å²) in [6.07, 6.45) is 4.75. The molecule has 1 aromatic rings. The number of nitrogens with one attached hydrogen (secondary N) is 1. The fourth-order valence-corrected chi connectivity index (χ4v) is 3.64. The maximum absolute atomic E-state index is 12.8. The van der Waals surface area contributed by atoms with Crippen molar-refractivity contribution in [1.29, 1.82) is 0 Å². The molecule has 1 amide bonds. The third-order valence-electron chi connectivity index (χ3n) is 4.96. The Labute approximate surface area is 136 Å². The number of hydrogen-bond acceptors (Lipinski definition) is 3. The third kappa shape index (κ3) is 3.24. The number of fused-ring (bicyclic) bond motifs is 1. The van der Waals surface area contributed by atoms with E-state index in [1.165, 1.54) is 0 Å². The second kappa shape index (κ2) is 6.71. The number of carboxylic acids is 1. The molecule has 124 valence electrons. The maximum Gasteiger partial charge on any atom is 0.329 e. The second-order valence-corrected chi connectivity index (χ2v) is 6.49. The highest BCUT2D eigenvalue weighted by atomic mass is 16.5. The SMILES string of the molecule is O=C(NC1(C(=O)O)CCCCCC1)C1OCCc2ccccc21. The lowest BCUT2D eigenvalue weighted by Crippen LogP contribution is -2.55. The van der Waals surface area contributed by atoms with Crippen LogP contribution in [-0.4, -0.2) is 29.1 Å². The van der Waals surface area contributed by atoms with Crippen molar-refractivity contribution in [3.8, 4) is 0 Å². The number of hydrogen-bond donors (Lipinski definition) is 2. The van der Waals surface area contributed by atoms with Crippen LogP contribution in [0.5, 0.6) is 0 Å². The Morgan fingerprint density at radius 2 is 1.83 bits per heavy atom. The molecule has 1 aliphatic carbocycles. The number of carboxylic acid groups (broad SMARTS) is 1. The fraction of sp³-hybridized carbons (Fsp3) is 0.556. The average Bonchev–Trinajstić information content (AvgIpc) is 2.81. The van der Waals surface area contributed by atoms with Crippen LogP contribution in [0.1, 0.15) is 55.8 Å². The van der Waals surface area contributed by atoms with Crippen molar-refractivity contribution in [3.05, 3.63) is 35.4 Å². The van der Waals surface area contributed by atoms with Gasteiger partial charge in [0.05, 0.1) is 6.61 Å². The quantitative estimate of drug-likeness (QED) is 0.840. The number of amides is 1. The van der Waals surface area contributed by atoms with Gasteiger partial charge in [-0.1, -0.05) is 49.9 Å². The lowest BCUT2D eigenvalue weighted by Gasteiger charge is -2.33. The van der Waals surface area contributed by atoms with Crippen LogP contribution in [0.3, 0.4) is 0 Å². The molecule has 1 fully saturated rings. The number of rotatable bonds is 3. The van der Waals surface area contributed by atoms with E-state index < -0.39 is 17.6 Å². The summed E-state index contributed by atoms with van der Waals surface area (Å²) < 4.78 is 5.66. The number of ether oxygens (including phenoxy) is 1. The van der Waals surface area contributed by atoms with E-state index in [-0.39, 0.29) is 5.91 Å². The van der Waals surface area contributed by atoms with Crippen LogP contribution < -0.4 is 5.32 Å². The Morgan fingerprint density at radius 3 is 2.52 bits per heavy atom. The zero-order valence-corrected chi connectivity index (χ0v) is 13.2. The van der Waals surface area contributed by atoms with Crippen LogP contribution in [0.15, 0.2) is 24.3 Å². The summed E-state index contributed by atoms with van der Waals surface area (Å²) in [6, 6.07) is 7.71. The number of carbonyl (C=O) groups is 2. The van der Waals surface area contributed by atoms with Gasteiger partial charge in [0.1, 0.15) is 5.54 Å². The molecule has 2 aliphatic rings. The predicted molar refractivity (Wildman–Crippen MR) is 85.1 cm³/mol. The van der Waals surface area contributed by atoms with Gasteiger partial charge < -0.3 is 15.2 Å². The molecule has 0 aromatic heterocycles. The first-order valence-corrected chi connectivity index (χ1v) is 8.37. The molecule has 0 saturated heterocycles. The summed E-state index contributed by atoms with van der Waals surface area (Å²) in [5.74, 6) is -1.27. The number of carbonyl (C=O) groups excluding carboxylic acids is 1. The fourth-order valence-electron chi connectivity index (χ4n) is 3.64. The van der Waals surface area contributed by atoms with Crippen LogP contribution in [0.4, 0.5) is 0 Å². The average molecular weight is 317 g/mol. The minimum absolute atomic E-state index is 0.332. The molecule has 1 aliphatic heterocycles. The van der Waals surface area contributed by atoms with E-state index in [0.717, 1.165) is 43.2 Å². The molecule has 1 unspecified atom stereocenters. The van der Waals surface area contributed by atoms with Gasteiger partial charge in [-0.3, -0.25) is 4.79 Å². The second-order valence-electron chi connectivity index (χ2n) is 6.49. The van der Waals surface area contributed by atoms with Crippen molar-refractivity contribution in [3.63, 3.8) is 0 Å². The molecule has 0 bridgehead atoms. The molecule has 1 aromatic carbocycles. The van der Waals surface area contributed by atoms with E-state index in [1.54, 1.807) is 0 Å². The molecule has 3 rings (SSSR count). The van der Waals surface area contributed by atoms with Gasteiger partial charge in [-0.2, -0.15) is 0 Å². The van der Waals surface area contributed by atoms with E-state index in [1.807, 2.05) is 24.3 Å². The Morgan fingerprint density at radius 1 is 1.13 bits per heavy atom. The largest absolute Gasteiger partial charge is 0.480 e. The Kier molecular flexibility index (Phi) is 4.66. The first-order valence-electron chi connectivity index (χ1n) is 8.37. The molecule has 2 N–H and O–H groups in total. The first kappa shape index (κ1) is 16.0. The van der Waals surface area contributed by atoms with Crippen LogP contribution in [0.25, 0.3) is 0 Å². The van der Waals surface area contributed by atoms with Crippen molar-refractivity contribution in [2.75, 3.05) is 6.61 Å². The normalized spacial score (nSPS) is 23.4. The summed E-state index contributed by atoms with van der Waals surface area (Å²) >= 11 is 0. The molecule has 0 spiro atoms. The van der Waals surface area contributed by atoms with E-state index in [2.05, 4.69) is 5.32 Å². The lowest BCUT2D eigenvalue weighted by molar-refractivity contribution is -0.151. The molecule has 5 heteroatoms. The number of benzene rings is 1. The minimum atomic E-state index is -1.15. The summed E-state index contributed by atoms with van der Waals surface area (Å²) in [7, 11) is 0. The van der Waals surface area contributed by atoms with E-state index in [9.17, 15) is 14.7 Å². The zero-order valence-electron chi connectivity index (χ0n) is 13.2. The maximum atomic E-state index is 12.8. The van der Waals surface area contributed by atoms with Crippen LogP contribution in [0.2, 0.25) is 0 Å². The van der Waals surface area contributed by atoms with Crippen molar-refractivity contribution in [1.82, 2.24) is 5.32 Å². The predicted octanol–water partition coefficient (Wildman–Crippen LogP) is 2.59. The van der Waals surface area contributed by atoms with Gasteiger partial charge >= 0.3 is 5.97 Å². The first-order chi connectivity index (χ1) is 11.1. The van der Waals surface area contributed by atoms with Gasteiger partial charge in [-0.25, -0.2) is 4.79 Å². The van der Waals surface area contributed by atoms with Crippen molar-refractivity contribution < 1.29 is 19.4 Å². The highest BCUT2D eigenvalue weighted by molar-refractivity contribution is 5.90. The molecule has 5 nitrogen and oxygen atoms in total. The molecule has 0 radical (unpaired) electrons. The van der Waals surface area contributed by atoms with E-state index >= 15 is 0 Å². The third-order valence-corrected chi connectivity index (χ3v) is 4.96. The highest BCUT2D eigenvalue weighted by Crippen LogP contribution is 2.31. The molecular weight excluding hydrogens is 294 g/mol. The van der Waals surface area contributed by atoms with E-state index in [0.29, 0.717) is 19.4 Å². The number of aliphatic carboxylic acids is 1. The molecule has 23 heavy (non-hydrogen) atoms. The van der Waals surface area contributed by atoms with Crippen molar-refractivity contribution in [2.45, 2.75) is 56.6 Å². The molecule has 1 atom stereocenters. The standard InChI is InChI=1S/C18H23NO4/c20-16(15-14-8-4-3-7-13(14)9-12-23-15)19-18(17(21)22)10-5-1-2-6-11-18/h3-4,7-8,15H,1-2,5-6,9-12H2,(H,19,20)(H,21,22). The smallest absolute Gasteiger partial charge is 0.329 e. The topological polar surface area (TPSA) is 75.6 Å². The molecule has 1 saturated carbocycles.